The molecule has 0 saturated carbocycles. The predicted octanol–water partition coefficient (Wildman–Crippen LogP) is 5.89. The van der Waals surface area contributed by atoms with Crippen molar-refractivity contribution in [2.75, 3.05) is 5.32 Å². The SMILES string of the molecule is O=C(Nc1ccccn1)C(F)(OC(F)(F)C(F)(OC(F)(F)C(F)(F)C(F)(F)F)C(F)(F)F)C(F)(F)F. The number of ether oxygens (including phenoxy) is 2. The number of amides is 1. The highest BCUT2D eigenvalue weighted by molar-refractivity contribution is 5.96. The summed E-state index contributed by atoms with van der Waals surface area (Å²) in [5.74, 6) is -27.5. The molecule has 0 aromatic carbocycles. The third-order valence-electron chi connectivity index (χ3n) is 3.56. The fourth-order valence-electron chi connectivity index (χ4n) is 1.80. The number of carbonyl (C=O) groups is 1. The van der Waals surface area contributed by atoms with Gasteiger partial charge in [0.1, 0.15) is 5.82 Å². The topological polar surface area (TPSA) is 60.5 Å². The zero-order valence-electron chi connectivity index (χ0n) is 15.9. The number of pyridine rings is 1. The molecule has 1 N–H and O–H groups in total. The normalized spacial score (nSPS) is 17.8. The highest BCUT2D eigenvalue weighted by Crippen LogP contribution is 2.56. The number of hydrogen-bond acceptors (Lipinski definition) is 4. The monoisotopic (exact) mass is 572 g/mol. The number of anilines is 1. The number of hydrogen-bond donors (Lipinski definition) is 1. The summed E-state index contributed by atoms with van der Waals surface area (Å²) in [6.45, 7) is 0. The molecule has 1 rings (SSSR count). The van der Waals surface area contributed by atoms with Crippen LogP contribution in [-0.4, -0.2) is 59.3 Å². The Kier molecular flexibility index (Phi) is 7.87. The van der Waals surface area contributed by atoms with Crippen molar-refractivity contribution in [1.29, 1.82) is 0 Å². The van der Waals surface area contributed by atoms with Crippen LogP contribution in [0.15, 0.2) is 24.4 Å². The molecule has 0 radical (unpaired) electrons. The van der Waals surface area contributed by atoms with Crippen molar-refractivity contribution in [3.8, 4) is 0 Å². The summed E-state index contributed by atoms with van der Waals surface area (Å²) in [6, 6.07) is 2.37. The smallest absolute Gasteiger partial charge is 0.305 e. The molecule has 1 aromatic heterocycles. The summed E-state index contributed by atoms with van der Waals surface area (Å²) in [5.41, 5.74) is 0. The highest BCUT2D eigenvalue weighted by Gasteiger charge is 2.85. The van der Waals surface area contributed by atoms with E-state index in [4.69, 9.17) is 0 Å². The van der Waals surface area contributed by atoms with Crippen molar-refractivity contribution in [2.45, 2.75) is 48.4 Å². The van der Waals surface area contributed by atoms with Crippen LogP contribution < -0.4 is 5.32 Å². The van der Waals surface area contributed by atoms with Gasteiger partial charge in [-0.2, -0.15) is 74.6 Å². The molecule has 2 unspecified atom stereocenters. The van der Waals surface area contributed by atoms with Crippen molar-refractivity contribution < 1.29 is 88.9 Å². The maximum absolute atomic E-state index is 14.3. The minimum absolute atomic E-state index is 0.519. The minimum Gasteiger partial charge on any atom is -0.305 e. The third-order valence-corrected chi connectivity index (χ3v) is 3.56. The lowest BCUT2D eigenvalue weighted by Crippen LogP contribution is -2.68. The zero-order chi connectivity index (χ0) is 28.8. The van der Waals surface area contributed by atoms with Crippen LogP contribution in [0.3, 0.4) is 0 Å². The fourth-order valence-corrected chi connectivity index (χ4v) is 1.80. The lowest BCUT2D eigenvalue weighted by molar-refractivity contribution is -0.548. The Morgan fingerprint density at radius 3 is 1.53 bits per heavy atom. The van der Waals surface area contributed by atoms with Crippen molar-refractivity contribution in [2.24, 2.45) is 0 Å². The predicted molar refractivity (Wildman–Crippen MR) is 75.7 cm³/mol. The van der Waals surface area contributed by atoms with Crippen LogP contribution in [0.1, 0.15) is 0 Å². The molecule has 208 valence electrons. The van der Waals surface area contributed by atoms with Crippen LogP contribution >= 0.6 is 0 Å². The van der Waals surface area contributed by atoms with Gasteiger partial charge in [0.15, 0.2) is 0 Å². The summed E-state index contributed by atoms with van der Waals surface area (Å²) in [7, 11) is 0. The second-order valence-electron chi connectivity index (χ2n) is 6.16. The summed E-state index contributed by atoms with van der Waals surface area (Å²) < 4.78 is 225. The van der Waals surface area contributed by atoms with E-state index in [1.165, 1.54) is 4.74 Å². The minimum atomic E-state index is -8.06. The molecule has 36 heavy (non-hydrogen) atoms. The molecule has 1 heterocycles. The van der Waals surface area contributed by atoms with E-state index < -0.39 is 60.1 Å². The molecule has 2 atom stereocenters. The first-order chi connectivity index (χ1) is 15.7. The van der Waals surface area contributed by atoms with Gasteiger partial charge in [-0.15, -0.1) is 0 Å². The number of nitrogens with zero attached hydrogens (tertiary/aromatic N) is 1. The molecule has 1 amide bonds. The van der Waals surface area contributed by atoms with Gasteiger partial charge in [-0.05, 0) is 12.1 Å². The van der Waals surface area contributed by atoms with Crippen molar-refractivity contribution >= 4 is 11.7 Å². The van der Waals surface area contributed by atoms with Gasteiger partial charge in [-0.3, -0.25) is 14.3 Å². The van der Waals surface area contributed by atoms with Gasteiger partial charge in [-0.1, -0.05) is 6.07 Å². The first-order valence-corrected chi connectivity index (χ1v) is 8.00. The quantitative estimate of drug-likeness (QED) is 0.395. The van der Waals surface area contributed by atoms with Gasteiger partial charge in [0, 0.05) is 6.20 Å². The van der Waals surface area contributed by atoms with Gasteiger partial charge in [0.2, 0.25) is 0 Å². The molecular weight excluding hydrogens is 567 g/mol. The summed E-state index contributed by atoms with van der Waals surface area (Å²) in [6.07, 6.45) is -38.0. The average Bonchev–Trinajstić information content (AvgIpc) is 2.65. The van der Waals surface area contributed by atoms with E-state index in [-0.39, 0.29) is 0 Å². The van der Waals surface area contributed by atoms with Crippen LogP contribution in [0, 0.1) is 0 Å². The molecule has 0 spiro atoms. The molecule has 22 heteroatoms. The standard InChI is InChI=1S/C14H5F17N2O3/c15-7(10(19,20)21,6(34)33-5-3-1-2-4-32-5)35-14(30,31)9(18,12(25,26)27)36-13(28,29)8(16,17)11(22,23)24/h1-4H,(H,32,33,34). The van der Waals surface area contributed by atoms with Crippen LogP contribution in [0.5, 0.6) is 0 Å². The van der Waals surface area contributed by atoms with E-state index in [1.54, 1.807) is 0 Å². The maximum atomic E-state index is 14.3. The van der Waals surface area contributed by atoms with Crippen LogP contribution in [0.25, 0.3) is 0 Å². The number of alkyl halides is 17. The molecule has 0 saturated heterocycles. The van der Waals surface area contributed by atoms with Gasteiger partial charge in [0.25, 0.3) is 0 Å². The highest BCUT2D eigenvalue weighted by atomic mass is 19.4. The number of carbonyl (C=O) groups excluding carboxylic acids is 1. The van der Waals surface area contributed by atoms with E-state index >= 15 is 0 Å². The number of nitrogens with one attached hydrogen (secondary N) is 1. The Hall–Kier alpha value is -2.65. The van der Waals surface area contributed by atoms with Gasteiger partial charge < -0.3 is 5.32 Å². The van der Waals surface area contributed by atoms with Crippen molar-refractivity contribution in [3.63, 3.8) is 0 Å². The van der Waals surface area contributed by atoms with Gasteiger partial charge in [0.05, 0.1) is 0 Å². The Labute approximate surface area is 185 Å². The average molecular weight is 572 g/mol. The molecule has 0 fully saturated rings. The first kappa shape index (κ1) is 31.4. The summed E-state index contributed by atoms with van der Waals surface area (Å²) >= 11 is 0. The number of rotatable bonds is 8. The van der Waals surface area contributed by atoms with E-state index in [2.05, 4.69) is 4.98 Å². The lowest BCUT2D eigenvalue weighted by atomic mass is 10.2. The number of halogens is 17. The zero-order valence-corrected chi connectivity index (χ0v) is 15.9. The van der Waals surface area contributed by atoms with E-state index in [0.717, 1.165) is 17.4 Å². The largest absolute Gasteiger partial charge is 0.462 e. The number of aromatic nitrogens is 1. The van der Waals surface area contributed by atoms with E-state index in [9.17, 15) is 79.4 Å². The summed E-state index contributed by atoms with van der Waals surface area (Å²) in [5, 5.41) is 0.729. The van der Waals surface area contributed by atoms with Gasteiger partial charge >= 0.3 is 54.3 Å². The molecular formula is C14H5F17N2O3. The van der Waals surface area contributed by atoms with E-state index in [1.807, 2.05) is 4.74 Å². The molecule has 0 aliphatic heterocycles. The molecule has 0 aliphatic carbocycles. The Bertz CT molecular complexity index is 929. The van der Waals surface area contributed by atoms with Crippen LogP contribution in [0.4, 0.5) is 80.5 Å². The lowest BCUT2D eigenvalue weighted by Gasteiger charge is -2.40. The first-order valence-electron chi connectivity index (χ1n) is 8.00. The Balaban J connectivity index is 3.61. The second-order valence-corrected chi connectivity index (χ2v) is 6.16. The Morgan fingerprint density at radius 2 is 1.17 bits per heavy atom. The second kappa shape index (κ2) is 9.03. The molecule has 1 aromatic rings. The van der Waals surface area contributed by atoms with Gasteiger partial charge in [-0.25, -0.2) is 4.98 Å². The maximum Gasteiger partial charge on any atom is 0.462 e. The van der Waals surface area contributed by atoms with Crippen LogP contribution in [-0.2, 0) is 14.3 Å². The molecule has 0 bridgehead atoms. The molecule has 5 nitrogen and oxygen atoms in total. The fraction of sp³-hybridized carbons (Fsp3) is 0.571. The summed E-state index contributed by atoms with van der Waals surface area (Å²) in [4.78, 5) is 14.6. The third kappa shape index (κ3) is 5.52. The molecule has 0 aliphatic rings. The van der Waals surface area contributed by atoms with Crippen molar-refractivity contribution in [3.05, 3.63) is 24.4 Å². The van der Waals surface area contributed by atoms with Crippen LogP contribution in [0.2, 0.25) is 0 Å². The Morgan fingerprint density at radius 1 is 0.667 bits per heavy atom. The van der Waals surface area contributed by atoms with E-state index in [0.29, 0.717) is 12.3 Å². The van der Waals surface area contributed by atoms with Crippen molar-refractivity contribution in [1.82, 2.24) is 4.98 Å².